The maximum absolute atomic E-state index is 12.7. The van der Waals surface area contributed by atoms with Crippen molar-refractivity contribution in [1.29, 1.82) is 0 Å². The molecule has 0 saturated carbocycles. The molecule has 1 amide bonds. The number of carbonyl (C=O) groups is 1. The van der Waals surface area contributed by atoms with Crippen molar-refractivity contribution in [2.75, 3.05) is 36.5 Å². The minimum absolute atomic E-state index is 0.0628. The van der Waals surface area contributed by atoms with Gasteiger partial charge >= 0.3 is 0 Å². The van der Waals surface area contributed by atoms with Crippen molar-refractivity contribution in [3.8, 4) is 0 Å². The van der Waals surface area contributed by atoms with Gasteiger partial charge in [-0.3, -0.25) is 19.4 Å². The predicted molar refractivity (Wildman–Crippen MR) is 118 cm³/mol. The van der Waals surface area contributed by atoms with Gasteiger partial charge in [-0.05, 0) is 57.0 Å². The molecule has 4 rings (SSSR count). The summed E-state index contributed by atoms with van der Waals surface area (Å²) in [6, 6.07) is 6.27. The summed E-state index contributed by atoms with van der Waals surface area (Å²) < 4.78 is 51.1. The van der Waals surface area contributed by atoms with E-state index in [2.05, 4.69) is 19.9 Å². The summed E-state index contributed by atoms with van der Waals surface area (Å²) >= 11 is 0. The van der Waals surface area contributed by atoms with Crippen LogP contribution in [0, 0.1) is 5.92 Å². The molecule has 0 spiro atoms. The zero-order valence-electron chi connectivity index (χ0n) is 17.3. The standard InChI is InChI=1S/C20H28N4O5S2/c25-20(15-6-10-24(11-7-15)17-8-12-30(26,27)14-17)22-16-3-1-4-18(13-16)31(28,29)23-19-5-2-9-21-19/h1,3-4,13,15,17H,2,5-12,14H2,(H,21,23)(H,22,25)/t17-/m0/s1. The number of aliphatic imine (C=N–C) groups is 1. The van der Waals surface area contributed by atoms with Crippen LogP contribution < -0.4 is 10.0 Å². The number of rotatable bonds is 5. The Morgan fingerprint density at radius 3 is 2.58 bits per heavy atom. The Bertz CT molecular complexity index is 1080. The van der Waals surface area contributed by atoms with Crippen LogP contribution in [0.3, 0.4) is 0 Å². The van der Waals surface area contributed by atoms with Crippen LogP contribution in [0.1, 0.15) is 32.1 Å². The van der Waals surface area contributed by atoms with Gasteiger partial charge in [0.15, 0.2) is 9.84 Å². The fourth-order valence-electron chi connectivity index (χ4n) is 4.41. The van der Waals surface area contributed by atoms with E-state index in [1.54, 1.807) is 12.1 Å². The summed E-state index contributed by atoms with van der Waals surface area (Å²) in [4.78, 5) is 19.1. The molecule has 1 aromatic carbocycles. The van der Waals surface area contributed by atoms with Crippen LogP contribution in [0.4, 0.5) is 5.69 Å². The van der Waals surface area contributed by atoms with E-state index in [0.717, 1.165) is 6.42 Å². The molecule has 31 heavy (non-hydrogen) atoms. The fourth-order valence-corrected chi connectivity index (χ4v) is 7.31. The molecule has 11 heteroatoms. The van der Waals surface area contributed by atoms with Gasteiger partial charge in [0, 0.05) is 30.6 Å². The van der Waals surface area contributed by atoms with E-state index in [1.165, 1.54) is 12.1 Å². The maximum atomic E-state index is 12.7. The molecule has 0 radical (unpaired) electrons. The van der Waals surface area contributed by atoms with Crippen LogP contribution in [0.15, 0.2) is 34.2 Å². The van der Waals surface area contributed by atoms with E-state index >= 15 is 0 Å². The van der Waals surface area contributed by atoms with Gasteiger partial charge in [-0.25, -0.2) is 16.8 Å². The average molecular weight is 469 g/mol. The maximum Gasteiger partial charge on any atom is 0.262 e. The SMILES string of the molecule is O=C(Nc1cccc(S(=O)(=O)NC2=NCCC2)c1)C1CCN([C@H]2CCS(=O)(=O)C2)CC1. The van der Waals surface area contributed by atoms with Crippen molar-refractivity contribution >= 4 is 37.3 Å². The number of amides is 1. The Balaban J connectivity index is 1.33. The summed E-state index contributed by atoms with van der Waals surface area (Å²) in [6.45, 7) is 2.01. The molecule has 0 aromatic heterocycles. The number of piperidine rings is 1. The number of nitrogens with zero attached hydrogens (tertiary/aromatic N) is 2. The second-order valence-corrected chi connectivity index (χ2v) is 12.3. The smallest absolute Gasteiger partial charge is 0.262 e. The van der Waals surface area contributed by atoms with Crippen LogP contribution in [0.5, 0.6) is 0 Å². The summed E-state index contributed by atoms with van der Waals surface area (Å²) in [5.74, 6) is 0.614. The minimum Gasteiger partial charge on any atom is -0.326 e. The largest absolute Gasteiger partial charge is 0.326 e. The molecule has 9 nitrogen and oxygen atoms in total. The molecule has 170 valence electrons. The molecule has 3 aliphatic rings. The molecule has 1 aromatic rings. The Morgan fingerprint density at radius 1 is 1.16 bits per heavy atom. The highest BCUT2D eigenvalue weighted by Gasteiger charge is 2.35. The minimum atomic E-state index is -3.74. The van der Waals surface area contributed by atoms with E-state index in [9.17, 15) is 21.6 Å². The number of sulfone groups is 1. The lowest BCUT2D eigenvalue weighted by Gasteiger charge is -2.34. The van der Waals surface area contributed by atoms with Gasteiger partial charge in [-0.1, -0.05) is 6.07 Å². The Labute approximate surface area is 183 Å². The zero-order chi connectivity index (χ0) is 22.1. The predicted octanol–water partition coefficient (Wildman–Crippen LogP) is 0.995. The van der Waals surface area contributed by atoms with Crippen molar-refractivity contribution in [2.45, 2.75) is 43.0 Å². The fraction of sp³-hybridized carbons (Fsp3) is 0.600. The first kappa shape index (κ1) is 22.2. The quantitative estimate of drug-likeness (QED) is 0.664. The molecule has 2 saturated heterocycles. The highest BCUT2D eigenvalue weighted by Crippen LogP contribution is 2.26. The molecule has 2 fully saturated rings. The second kappa shape index (κ2) is 8.87. The zero-order valence-corrected chi connectivity index (χ0v) is 18.9. The summed E-state index contributed by atoms with van der Waals surface area (Å²) in [5.41, 5.74) is 0.436. The number of hydrogen-bond donors (Lipinski definition) is 2. The normalized spacial score (nSPS) is 24.6. The summed E-state index contributed by atoms with van der Waals surface area (Å²) in [7, 11) is -6.66. The first-order valence-corrected chi connectivity index (χ1v) is 13.9. The number of amidine groups is 1. The van der Waals surface area contributed by atoms with Crippen LogP contribution in [-0.2, 0) is 24.7 Å². The molecule has 3 aliphatic heterocycles. The van der Waals surface area contributed by atoms with Crippen LogP contribution in [-0.4, -0.2) is 70.7 Å². The molecule has 1 atom stereocenters. The van der Waals surface area contributed by atoms with Gasteiger partial charge in [0.05, 0.1) is 16.4 Å². The third kappa shape index (κ3) is 5.45. The van der Waals surface area contributed by atoms with Crippen LogP contribution in [0.25, 0.3) is 0 Å². The average Bonchev–Trinajstić information content (AvgIpc) is 3.37. The summed E-state index contributed by atoms with van der Waals surface area (Å²) in [5, 5.41) is 2.84. The van der Waals surface area contributed by atoms with Crippen molar-refractivity contribution in [1.82, 2.24) is 9.62 Å². The van der Waals surface area contributed by atoms with Gasteiger partial charge in [0.1, 0.15) is 5.84 Å². The highest BCUT2D eigenvalue weighted by atomic mass is 32.2. The number of nitrogens with one attached hydrogen (secondary N) is 2. The monoisotopic (exact) mass is 468 g/mol. The summed E-state index contributed by atoms with van der Waals surface area (Å²) in [6.07, 6.45) is 3.43. The third-order valence-electron chi connectivity index (χ3n) is 6.16. The molecule has 0 aliphatic carbocycles. The number of carbonyl (C=O) groups excluding carboxylic acids is 1. The van der Waals surface area contributed by atoms with Gasteiger partial charge in [0.25, 0.3) is 10.0 Å². The van der Waals surface area contributed by atoms with Crippen molar-refractivity contribution in [3.05, 3.63) is 24.3 Å². The second-order valence-electron chi connectivity index (χ2n) is 8.42. The van der Waals surface area contributed by atoms with Crippen molar-refractivity contribution in [3.63, 3.8) is 0 Å². The van der Waals surface area contributed by atoms with E-state index < -0.39 is 19.9 Å². The van der Waals surface area contributed by atoms with E-state index in [-0.39, 0.29) is 34.3 Å². The molecule has 0 unspecified atom stereocenters. The van der Waals surface area contributed by atoms with E-state index in [1.807, 2.05) is 0 Å². The first-order valence-electron chi connectivity index (χ1n) is 10.6. The van der Waals surface area contributed by atoms with Gasteiger partial charge in [0.2, 0.25) is 5.91 Å². The highest BCUT2D eigenvalue weighted by molar-refractivity contribution is 7.91. The van der Waals surface area contributed by atoms with Gasteiger partial charge in [-0.15, -0.1) is 0 Å². The number of likely N-dealkylation sites (tertiary alicyclic amines) is 1. The topological polar surface area (TPSA) is 125 Å². The number of benzene rings is 1. The van der Waals surface area contributed by atoms with Gasteiger partial charge in [-0.2, -0.15) is 0 Å². The van der Waals surface area contributed by atoms with E-state index in [0.29, 0.717) is 56.8 Å². The molecule has 3 heterocycles. The lowest BCUT2D eigenvalue weighted by Crippen LogP contribution is -2.44. The number of hydrogen-bond acceptors (Lipinski definition) is 7. The van der Waals surface area contributed by atoms with Crippen LogP contribution >= 0.6 is 0 Å². The van der Waals surface area contributed by atoms with Gasteiger partial charge < -0.3 is 5.32 Å². The first-order chi connectivity index (χ1) is 14.7. The number of anilines is 1. The number of sulfonamides is 1. The van der Waals surface area contributed by atoms with Crippen molar-refractivity contribution < 1.29 is 21.6 Å². The third-order valence-corrected chi connectivity index (χ3v) is 9.29. The Morgan fingerprint density at radius 2 is 1.94 bits per heavy atom. The van der Waals surface area contributed by atoms with E-state index in [4.69, 9.17) is 0 Å². The van der Waals surface area contributed by atoms with Crippen molar-refractivity contribution in [2.24, 2.45) is 10.9 Å². The Kier molecular flexibility index (Phi) is 6.36. The lowest BCUT2D eigenvalue weighted by molar-refractivity contribution is -0.121. The molecule has 0 bridgehead atoms. The molecular formula is C20H28N4O5S2. The Hall–Kier alpha value is -1.98. The molecular weight excluding hydrogens is 440 g/mol. The lowest BCUT2D eigenvalue weighted by atomic mass is 9.94. The van der Waals surface area contributed by atoms with Crippen LogP contribution in [0.2, 0.25) is 0 Å². The molecule has 2 N–H and O–H groups in total.